The van der Waals surface area contributed by atoms with Crippen LogP contribution in [0.5, 0.6) is 5.75 Å². The Bertz CT molecular complexity index is 1450. The molecule has 4 N–H and O–H groups in total. The van der Waals surface area contributed by atoms with Gasteiger partial charge in [0.1, 0.15) is 18.0 Å². The Hall–Kier alpha value is -4.22. The fourth-order valence-corrected chi connectivity index (χ4v) is 5.31. The second-order valence-corrected chi connectivity index (χ2v) is 12.2. The molecule has 44 heavy (non-hydrogen) atoms. The van der Waals surface area contributed by atoms with Gasteiger partial charge in [0, 0.05) is 48.4 Å². The summed E-state index contributed by atoms with van der Waals surface area (Å²) < 4.78 is 11.3. The number of amides is 3. The van der Waals surface area contributed by atoms with Crippen LogP contribution in [0.1, 0.15) is 68.6 Å². The SMILES string of the molecule is CCc1cc(COc2ccc(C(=O)NC3(CC(=O)NO)CCN(CCNC(=O)OC(C)(C)C)CC3)cc2)c2ccccc2n1. The van der Waals surface area contributed by atoms with E-state index < -0.39 is 23.1 Å². The molecule has 11 nitrogen and oxygen atoms in total. The Balaban J connectivity index is 1.34. The summed E-state index contributed by atoms with van der Waals surface area (Å²) in [6.45, 7) is 10.1. The number of hydroxylamine groups is 1. The highest BCUT2D eigenvalue weighted by Crippen LogP contribution is 2.27. The van der Waals surface area contributed by atoms with Crippen molar-refractivity contribution in [3.05, 3.63) is 71.4 Å². The molecule has 2 aromatic carbocycles. The van der Waals surface area contributed by atoms with Crippen LogP contribution < -0.4 is 20.9 Å². The van der Waals surface area contributed by atoms with E-state index >= 15 is 0 Å². The molecule has 3 amide bonds. The average Bonchev–Trinajstić information content (AvgIpc) is 3.00. The molecule has 4 rings (SSSR count). The Morgan fingerprint density at radius 1 is 1.05 bits per heavy atom. The number of aryl methyl sites for hydroxylation is 1. The van der Waals surface area contributed by atoms with Gasteiger partial charge in [-0.05, 0) is 76.4 Å². The monoisotopic (exact) mass is 605 g/mol. The number of hydrogen-bond donors (Lipinski definition) is 4. The highest BCUT2D eigenvalue weighted by molar-refractivity contribution is 5.95. The van der Waals surface area contributed by atoms with Crippen LogP contribution in [0.25, 0.3) is 10.9 Å². The third-order valence-electron chi connectivity index (χ3n) is 7.64. The van der Waals surface area contributed by atoms with Crippen LogP contribution in [0.4, 0.5) is 4.79 Å². The summed E-state index contributed by atoms with van der Waals surface area (Å²) in [6.07, 6.45) is 1.30. The predicted molar refractivity (Wildman–Crippen MR) is 167 cm³/mol. The Morgan fingerprint density at radius 3 is 2.41 bits per heavy atom. The minimum absolute atomic E-state index is 0.0555. The van der Waals surface area contributed by atoms with E-state index in [1.54, 1.807) is 29.7 Å². The molecule has 3 aromatic rings. The van der Waals surface area contributed by atoms with Crippen molar-refractivity contribution in [3.8, 4) is 5.75 Å². The van der Waals surface area contributed by atoms with E-state index in [4.69, 9.17) is 9.47 Å². The number of para-hydroxylation sites is 1. The Kier molecular flexibility index (Phi) is 10.8. The second kappa shape index (κ2) is 14.5. The molecule has 236 valence electrons. The molecule has 1 aliphatic rings. The fourth-order valence-electron chi connectivity index (χ4n) is 5.31. The maximum atomic E-state index is 13.3. The number of carbonyl (C=O) groups is 3. The molecule has 0 unspecified atom stereocenters. The van der Waals surface area contributed by atoms with Gasteiger partial charge in [0.05, 0.1) is 17.5 Å². The zero-order valence-corrected chi connectivity index (χ0v) is 25.9. The number of ether oxygens (including phenoxy) is 2. The molecule has 1 fully saturated rings. The second-order valence-electron chi connectivity index (χ2n) is 12.2. The first kappa shape index (κ1) is 32.7. The number of fused-ring (bicyclic) bond motifs is 1. The quantitative estimate of drug-likeness (QED) is 0.187. The molecule has 0 saturated carbocycles. The lowest BCUT2D eigenvalue weighted by Gasteiger charge is -2.42. The average molecular weight is 606 g/mol. The van der Waals surface area contributed by atoms with Crippen molar-refractivity contribution in [2.75, 3.05) is 26.2 Å². The number of piperidine rings is 1. The van der Waals surface area contributed by atoms with Gasteiger partial charge in [-0.1, -0.05) is 25.1 Å². The maximum absolute atomic E-state index is 13.3. The Labute approximate surface area is 258 Å². The van der Waals surface area contributed by atoms with Crippen molar-refractivity contribution in [1.82, 2.24) is 26.0 Å². The van der Waals surface area contributed by atoms with E-state index in [0.29, 0.717) is 56.9 Å². The van der Waals surface area contributed by atoms with Gasteiger partial charge >= 0.3 is 6.09 Å². The summed E-state index contributed by atoms with van der Waals surface area (Å²) in [6, 6.07) is 17.0. The lowest BCUT2D eigenvalue weighted by atomic mass is 9.83. The number of nitrogens with one attached hydrogen (secondary N) is 3. The molecule has 0 bridgehead atoms. The molecule has 1 saturated heterocycles. The first-order valence-electron chi connectivity index (χ1n) is 15.0. The third-order valence-corrected chi connectivity index (χ3v) is 7.64. The highest BCUT2D eigenvalue weighted by Gasteiger charge is 2.38. The van der Waals surface area contributed by atoms with Crippen molar-refractivity contribution >= 4 is 28.8 Å². The number of rotatable bonds is 11. The number of carbonyl (C=O) groups excluding carboxylic acids is 3. The number of likely N-dealkylation sites (tertiary alicyclic amines) is 1. The van der Waals surface area contributed by atoms with E-state index in [9.17, 15) is 19.6 Å². The van der Waals surface area contributed by atoms with Gasteiger partial charge in [0.25, 0.3) is 5.91 Å². The molecule has 11 heteroatoms. The van der Waals surface area contributed by atoms with Crippen molar-refractivity contribution in [1.29, 1.82) is 0 Å². The first-order chi connectivity index (χ1) is 21.0. The standard InChI is InChI=1S/C33H43N5O6/c1-5-25-20-24(27-8-6-7-9-28(27)35-25)22-43-26-12-10-23(11-13-26)30(40)36-33(21-29(39)37-42)14-17-38(18-15-33)19-16-34-31(41)44-32(2,3)4/h6-13,20,42H,5,14-19,21-22H2,1-4H3,(H,34,41)(H,36,40)(H,37,39). The molecule has 0 atom stereocenters. The summed E-state index contributed by atoms with van der Waals surface area (Å²) in [7, 11) is 0. The number of nitrogens with zero attached hydrogens (tertiary/aromatic N) is 2. The van der Waals surface area contributed by atoms with Crippen LogP contribution in [0.3, 0.4) is 0 Å². The Morgan fingerprint density at radius 2 is 1.75 bits per heavy atom. The number of pyridine rings is 1. The lowest BCUT2D eigenvalue weighted by molar-refractivity contribution is -0.131. The minimum atomic E-state index is -0.826. The fraction of sp³-hybridized carbons (Fsp3) is 0.455. The van der Waals surface area contributed by atoms with E-state index in [1.165, 1.54) is 0 Å². The van der Waals surface area contributed by atoms with Crippen molar-refractivity contribution in [2.45, 2.75) is 71.1 Å². The molecule has 0 aliphatic carbocycles. The van der Waals surface area contributed by atoms with Crippen LogP contribution in [-0.2, 0) is 22.6 Å². The predicted octanol–water partition coefficient (Wildman–Crippen LogP) is 4.36. The normalized spacial score (nSPS) is 14.9. The zero-order valence-electron chi connectivity index (χ0n) is 25.9. The van der Waals surface area contributed by atoms with E-state index in [0.717, 1.165) is 28.6 Å². The van der Waals surface area contributed by atoms with E-state index in [-0.39, 0.29) is 12.3 Å². The van der Waals surface area contributed by atoms with Crippen LogP contribution in [0, 0.1) is 0 Å². The van der Waals surface area contributed by atoms with Gasteiger partial charge in [0.15, 0.2) is 0 Å². The number of benzene rings is 2. The topological polar surface area (TPSA) is 142 Å². The molecular formula is C33H43N5O6. The maximum Gasteiger partial charge on any atom is 0.407 e. The smallest absolute Gasteiger partial charge is 0.407 e. The van der Waals surface area contributed by atoms with Crippen LogP contribution in [0.2, 0.25) is 0 Å². The van der Waals surface area contributed by atoms with Crippen LogP contribution in [0.15, 0.2) is 54.6 Å². The summed E-state index contributed by atoms with van der Waals surface area (Å²) >= 11 is 0. The molecule has 2 heterocycles. The number of hydrogen-bond acceptors (Lipinski definition) is 8. The highest BCUT2D eigenvalue weighted by atomic mass is 16.6. The summed E-state index contributed by atoms with van der Waals surface area (Å²) in [4.78, 5) is 44.3. The third kappa shape index (κ3) is 9.14. The van der Waals surface area contributed by atoms with Crippen molar-refractivity contribution < 1.29 is 29.1 Å². The van der Waals surface area contributed by atoms with Crippen LogP contribution in [-0.4, -0.2) is 70.3 Å². The van der Waals surface area contributed by atoms with Crippen molar-refractivity contribution in [3.63, 3.8) is 0 Å². The van der Waals surface area contributed by atoms with E-state index in [1.807, 2.05) is 45.0 Å². The van der Waals surface area contributed by atoms with Gasteiger partial charge in [-0.25, -0.2) is 10.3 Å². The lowest BCUT2D eigenvalue weighted by Crippen LogP contribution is -2.57. The van der Waals surface area contributed by atoms with Gasteiger partial charge in [0.2, 0.25) is 5.91 Å². The first-order valence-corrected chi connectivity index (χ1v) is 15.0. The molecule has 1 aromatic heterocycles. The minimum Gasteiger partial charge on any atom is -0.489 e. The summed E-state index contributed by atoms with van der Waals surface area (Å²) in [5, 5.41) is 16.1. The zero-order chi connectivity index (χ0) is 31.7. The van der Waals surface area contributed by atoms with Crippen molar-refractivity contribution in [2.24, 2.45) is 0 Å². The van der Waals surface area contributed by atoms with Gasteiger partial charge < -0.3 is 25.0 Å². The number of aromatic nitrogens is 1. The summed E-state index contributed by atoms with van der Waals surface area (Å²) in [5.41, 5.74) is 3.72. The van der Waals surface area contributed by atoms with Crippen LogP contribution >= 0.6 is 0 Å². The van der Waals surface area contributed by atoms with Gasteiger partial charge in [-0.3, -0.25) is 19.8 Å². The molecular weight excluding hydrogens is 562 g/mol. The van der Waals surface area contributed by atoms with Gasteiger partial charge in [-0.2, -0.15) is 0 Å². The van der Waals surface area contributed by atoms with E-state index in [2.05, 4.69) is 33.5 Å². The molecule has 0 radical (unpaired) electrons. The largest absolute Gasteiger partial charge is 0.489 e. The van der Waals surface area contributed by atoms with Gasteiger partial charge in [-0.15, -0.1) is 0 Å². The molecule has 0 spiro atoms. The molecule has 1 aliphatic heterocycles. The number of alkyl carbamates (subject to hydrolysis) is 1. The summed E-state index contributed by atoms with van der Waals surface area (Å²) in [5.74, 6) is -0.248.